The lowest BCUT2D eigenvalue weighted by Gasteiger charge is -2.62. The summed E-state index contributed by atoms with van der Waals surface area (Å²) in [5, 5.41) is 0. The molecule has 28 rings (SSSR count). The van der Waals surface area contributed by atoms with Crippen LogP contribution in [-0.4, -0.2) is 254 Å². The molecule has 0 N–H and O–H groups in total. The van der Waals surface area contributed by atoms with E-state index in [9.17, 15) is 64.7 Å². The summed E-state index contributed by atoms with van der Waals surface area (Å²) < 4.78 is 202. The number of fused-ring (bicyclic) bond motifs is 9. The summed E-state index contributed by atoms with van der Waals surface area (Å²) in [5.74, 6) is -16.6. The van der Waals surface area contributed by atoms with E-state index in [0.717, 1.165) is 65.0 Å². The molecule has 810 valence electrons. The molecule has 0 amide bonds. The van der Waals surface area contributed by atoms with Gasteiger partial charge in [-0.1, -0.05) is 120 Å². The quantitative estimate of drug-likeness (QED) is 0.0274. The van der Waals surface area contributed by atoms with Crippen LogP contribution in [0.3, 0.4) is 0 Å². The Bertz CT molecular complexity index is 5320. The molecule has 23 fully saturated rings. The molecule has 22 atom stereocenters. The van der Waals surface area contributed by atoms with Crippen LogP contribution < -0.4 is 0 Å². The summed E-state index contributed by atoms with van der Waals surface area (Å²) in [6, 6.07) is 50.6. The molecule has 0 radical (unpaired) electrons. The molecule has 3 spiro atoms. The third-order valence-corrected chi connectivity index (χ3v) is 39.7. The fourth-order valence-corrected chi connectivity index (χ4v) is 32.8. The van der Waals surface area contributed by atoms with Gasteiger partial charge in [0.15, 0.2) is 110 Å². The number of esters is 8. The highest BCUT2D eigenvalue weighted by molar-refractivity contribution is 7.97. The molecule has 5 aromatic rings. The van der Waals surface area contributed by atoms with Gasteiger partial charge in [-0.3, -0.25) is 9.59 Å². The zero-order valence-electron chi connectivity index (χ0n) is 86.0. The maximum absolute atomic E-state index is 13.6. The number of benzene rings is 5. The van der Waals surface area contributed by atoms with Crippen LogP contribution in [0.1, 0.15) is 197 Å². The van der Waals surface area contributed by atoms with Crippen molar-refractivity contribution in [3.05, 3.63) is 151 Å². The van der Waals surface area contributed by atoms with Crippen LogP contribution in [0, 0.1) is 53.3 Å². The lowest BCUT2D eigenvalue weighted by molar-refractivity contribution is -0.344. The van der Waals surface area contributed by atoms with Gasteiger partial charge in [-0.25, -0.2) is 28.8 Å². The first-order chi connectivity index (χ1) is 70.6. The fraction of sp³-hybridized carbons (Fsp3) is 0.658. The van der Waals surface area contributed by atoms with Gasteiger partial charge in [0.2, 0.25) is 12.2 Å². The van der Waals surface area contributed by atoms with E-state index < -0.39 is 198 Å². The summed E-state index contributed by atoms with van der Waals surface area (Å²) in [6.07, 6.45) is -4.03. The molecular formula is C111H135F6O29S3+3. The molecule has 5 aromatic carbocycles. The van der Waals surface area contributed by atoms with Crippen LogP contribution in [-0.2, 0) is 181 Å². The highest BCUT2D eigenvalue weighted by Crippen LogP contribution is 2.70. The average molecular weight is 2140 g/mol. The fourth-order valence-electron chi connectivity index (χ4n) is 27.1. The summed E-state index contributed by atoms with van der Waals surface area (Å²) >= 11 is 0. The van der Waals surface area contributed by atoms with Crippen LogP contribution in [0.15, 0.2) is 164 Å². The highest BCUT2D eigenvalue weighted by atomic mass is 32.2. The molecule has 38 heteroatoms. The largest absolute Gasteiger partial charge is 0.455 e. The van der Waals surface area contributed by atoms with Crippen LogP contribution in [0.2, 0.25) is 0 Å². The molecule has 23 aliphatic rings. The molecule has 149 heavy (non-hydrogen) atoms. The minimum absolute atomic E-state index is 0.0146. The molecule has 11 saturated heterocycles. The number of carbonyl (C=O) groups is 8. The number of ether oxygens (including phenoxy) is 21. The van der Waals surface area contributed by atoms with Crippen LogP contribution in [0.5, 0.6) is 0 Å². The predicted octanol–water partition coefficient (Wildman–Crippen LogP) is 16.0. The Morgan fingerprint density at radius 2 is 0.651 bits per heavy atom. The van der Waals surface area contributed by atoms with Crippen LogP contribution in [0.4, 0.5) is 26.3 Å². The number of carbonyl (C=O) groups excluding carboxylic acids is 8. The van der Waals surface area contributed by atoms with Gasteiger partial charge >= 0.3 is 65.5 Å². The van der Waals surface area contributed by atoms with Crippen LogP contribution >= 0.6 is 0 Å². The second kappa shape index (κ2) is 41.6. The Labute approximate surface area is 871 Å². The normalized spacial score (nSPS) is 38.2. The van der Waals surface area contributed by atoms with Gasteiger partial charge in [-0.05, 0) is 211 Å². The van der Waals surface area contributed by atoms with Crippen molar-refractivity contribution < 1.29 is 164 Å². The Morgan fingerprint density at radius 3 is 0.913 bits per heavy atom. The number of halogens is 6. The maximum Gasteiger partial charge on any atom is 0.377 e. The number of alkyl halides is 6. The summed E-state index contributed by atoms with van der Waals surface area (Å²) in [7, 11) is 0.849. The SMILES string of the molecule is CC(=O)OC1C(=O)OC2C3OC4(OC3OC12)C1CC2CC4CC(OC(=O)C(C)(F)F)(C2)C1.CC(=O)OC1C(=O)OC2C3OC4(OC3OC12)C1CC2CC4CC(OC(=O)C(C)(F)F)(C2)C1.CC(C)(C)c1ccc([S+]2CCOCC2)cc1.CC(C)(C)c1ccc([S+]2CCOCC2)cc1.CCOC(C)OC1C(=O)OC2C3OC4(OC3OC12)C1CC2CC4CC(OC(=O)C(C)(F)F)(C2)C1.c1ccc([S+](c2ccccc2)c2ccccc2)cc1. The van der Waals surface area contributed by atoms with E-state index in [1.54, 1.807) is 6.92 Å². The van der Waals surface area contributed by atoms with Crippen molar-refractivity contribution in [2.24, 2.45) is 53.3 Å². The molecular weight excluding hydrogens is 2010 g/mol. The monoisotopic (exact) mass is 2140 g/mol. The number of hydrogen-bond donors (Lipinski definition) is 0. The second-order valence-electron chi connectivity index (χ2n) is 45.8. The Kier molecular flexibility index (Phi) is 30.1. The van der Waals surface area contributed by atoms with E-state index in [1.807, 2.05) is 6.92 Å². The van der Waals surface area contributed by atoms with Gasteiger partial charge < -0.3 is 99.5 Å². The van der Waals surface area contributed by atoms with E-state index in [4.69, 9.17) is 99.5 Å². The third kappa shape index (κ3) is 21.6. The van der Waals surface area contributed by atoms with E-state index in [1.165, 1.54) is 72.5 Å². The molecule has 0 aromatic heterocycles. The molecule has 29 nitrogen and oxygen atoms in total. The van der Waals surface area contributed by atoms with E-state index in [-0.39, 0.29) is 75.0 Å². The zero-order chi connectivity index (χ0) is 105. The van der Waals surface area contributed by atoms with E-state index in [2.05, 4.69) is 181 Å². The molecule has 12 bridgehead atoms. The minimum atomic E-state index is -3.55. The van der Waals surface area contributed by atoms with Gasteiger partial charge in [-0.15, -0.1) is 0 Å². The topological polar surface area (TPSA) is 330 Å². The van der Waals surface area contributed by atoms with Crippen molar-refractivity contribution in [3.8, 4) is 0 Å². The lowest BCUT2D eigenvalue weighted by Crippen LogP contribution is -2.66. The van der Waals surface area contributed by atoms with Crippen molar-refractivity contribution in [3.63, 3.8) is 0 Å². The lowest BCUT2D eigenvalue weighted by atomic mass is 9.51. The maximum atomic E-state index is 13.6. The van der Waals surface area contributed by atoms with Gasteiger partial charge in [0, 0.05) is 98.5 Å². The number of hydrogen-bond acceptors (Lipinski definition) is 29. The third-order valence-electron chi connectivity index (χ3n) is 32.9. The molecule has 11 heterocycles. The summed E-state index contributed by atoms with van der Waals surface area (Å²) in [5.41, 5.74) is 0.578. The second-order valence-corrected chi connectivity index (χ2v) is 52.3. The van der Waals surface area contributed by atoms with Crippen molar-refractivity contribution in [1.29, 1.82) is 0 Å². The molecule has 12 saturated carbocycles. The molecule has 22 unspecified atom stereocenters. The van der Waals surface area contributed by atoms with E-state index in [0.29, 0.717) is 107 Å². The highest BCUT2D eigenvalue weighted by Gasteiger charge is 2.78. The molecule has 12 aliphatic carbocycles. The van der Waals surface area contributed by atoms with Gasteiger partial charge in [0.05, 0.1) is 37.3 Å². The average Bonchev–Trinajstić information content (AvgIpc) is 1.57. The molecule has 11 aliphatic heterocycles. The first-order valence-electron chi connectivity index (χ1n) is 52.3. The van der Waals surface area contributed by atoms with Crippen molar-refractivity contribution >= 4 is 80.4 Å². The Hall–Kier alpha value is -8.03. The summed E-state index contributed by atoms with van der Waals surface area (Å²) in [4.78, 5) is 102. The minimum Gasteiger partial charge on any atom is -0.455 e. The van der Waals surface area contributed by atoms with Crippen molar-refractivity contribution in [1.82, 2.24) is 0 Å². The predicted molar refractivity (Wildman–Crippen MR) is 522 cm³/mol. The first-order valence-corrected chi connectivity index (χ1v) is 56.7. The first kappa shape index (κ1) is 108. The zero-order valence-corrected chi connectivity index (χ0v) is 88.5. The van der Waals surface area contributed by atoms with Gasteiger partial charge in [0.1, 0.15) is 58.1 Å². The van der Waals surface area contributed by atoms with Crippen molar-refractivity contribution in [2.75, 3.05) is 56.0 Å². The van der Waals surface area contributed by atoms with E-state index >= 15 is 0 Å². The van der Waals surface area contributed by atoms with Crippen LogP contribution in [0.25, 0.3) is 0 Å². The number of rotatable bonds is 17. The van der Waals surface area contributed by atoms with Gasteiger partial charge in [0.25, 0.3) is 0 Å². The Balaban J connectivity index is 0.000000111. The smallest absolute Gasteiger partial charge is 0.377 e. The summed E-state index contributed by atoms with van der Waals surface area (Å²) in [6.45, 7) is 25.3. The van der Waals surface area contributed by atoms with Gasteiger partial charge in [-0.2, -0.15) is 26.3 Å². The standard InChI is InChI=1S/C23H30F2O9.2C21H24F2O9.C18H15S.2C14H21OS/c1-4-28-10(2)29-16-14-15(30-18(16)26)17-19(31-14)33-23(32-17)12-5-11-6-13(23)9-22(7-11,8-12)34-20(27)21(3,24)25;2*1-8(24)27-14-12-13(28-16(14)25)15-17(29-12)31-21(30-15)10-3-9-4-11(21)7-20(5-9,6-10)32-18(26)19(2,22)23;1-4-10-16(11-5-1)19(17-12-6-2-7-13-17)18-14-8-3-9-15-18;2*1-14(2,3)12-4-6-13(7-5-12)16-10-8-15-9-11-16/h10-17,19H,4-9H2,1-3H3;2*9-15,17H,3-7H2,1-2H3;1-15H;2*4-7H,8-11H2,1-3H3/q;;;3*+1. The van der Waals surface area contributed by atoms with Crippen molar-refractivity contribution in [2.45, 2.75) is 372 Å². The Morgan fingerprint density at radius 1 is 0.376 bits per heavy atom.